The van der Waals surface area contributed by atoms with Crippen molar-refractivity contribution >= 4 is 27.8 Å². The van der Waals surface area contributed by atoms with Gasteiger partial charge in [0.25, 0.3) is 0 Å². The maximum Gasteiger partial charge on any atom is 0.337 e. The Kier molecular flexibility index (Phi) is 4.81. The molecule has 4 heteroatoms. The molecule has 0 saturated carbocycles. The van der Waals surface area contributed by atoms with Gasteiger partial charge in [0.05, 0.1) is 16.6 Å². The number of ether oxygens (including phenoxy) is 1. The van der Waals surface area contributed by atoms with Crippen LogP contribution in [0.5, 0.6) is 5.75 Å². The molecule has 0 aliphatic rings. The second-order valence-corrected chi connectivity index (χ2v) is 7.34. The van der Waals surface area contributed by atoms with E-state index >= 15 is 0 Å². The smallest absolute Gasteiger partial charge is 0.337 e. The van der Waals surface area contributed by atoms with Gasteiger partial charge in [0.1, 0.15) is 12.4 Å². The van der Waals surface area contributed by atoms with Gasteiger partial charge in [-0.1, -0.05) is 72.8 Å². The molecule has 4 aromatic carbocycles. The van der Waals surface area contributed by atoms with Crippen molar-refractivity contribution in [2.45, 2.75) is 6.61 Å². The number of rotatable bonds is 5. The number of fused-ring (bicyclic) bond motifs is 2. The minimum Gasteiger partial charge on any atom is -0.489 e. The maximum atomic E-state index is 11.9. The largest absolute Gasteiger partial charge is 0.489 e. The Balaban J connectivity index is 1.47. The van der Waals surface area contributed by atoms with Crippen molar-refractivity contribution < 1.29 is 14.6 Å². The fourth-order valence-electron chi connectivity index (χ4n) is 3.79. The summed E-state index contributed by atoms with van der Waals surface area (Å²) in [6.45, 7) is 0.519. The van der Waals surface area contributed by atoms with Crippen LogP contribution in [0.25, 0.3) is 32.9 Å². The number of nitrogens with zero attached hydrogens (tertiary/aromatic N) is 1. The lowest BCUT2D eigenvalue weighted by atomic mass is 9.99. The van der Waals surface area contributed by atoms with Crippen LogP contribution in [-0.4, -0.2) is 16.1 Å². The zero-order valence-corrected chi connectivity index (χ0v) is 16.7. The standard InChI is InChI=1S/C27H19NO3/c29-27(30)26-22-8-4-5-9-24(22)28-25-16-20(12-15-23(25)26)19-10-13-21(14-11-19)31-17-18-6-2-1-3-7-18/h1-16H,17H2,(H,29,30). The Bertz CT molecular complexity index is 1390. The summed E-state index contributed by atoms with van der Waals surface area (Å²) in [7, 11) is 0. The molecule has 0 atom stereocenters. The second kappa shape index (κ2) is 7.92. The van der Waals surface area contributed by atoms with Gasteiger partial charge in [-0.05, 0) is 41.0 Å². The number of carbonyl (C=O) groups is 1. The van der Waals surface area contributed by atoms with Crippen LogP contribution in [0.15, 0.2) is 97.1 Å². The zero-order valence-electron chi connectivity index (χ0n) is 16.7. The maximum absolute atomic E-state index is 11.9. The quantitative estimate of drug-likeness (QED) is 0.347. The minimum atomic E-state index is -0.948. The van der Waals surface area contributed by atoms with Crippen LogP contribution in [0, 0.1) is 0 Å². The number of benzene rings is 4. The lowest BCUT2D eigenvalue weighted by molar-refractivity contribution is 0.0701. The third-order valence-electron chi connectivity index (χ3n) is 5.33. The fraction of sp³-hybridized carbons (Fsp3) is 0.0370. The van der Waals surface area contributed by atoms with E-state index in [-0.39, 0.29) is 5.56 Å². The molecule has 0 radical (unpaired) electrons. The summed E-state index contributed by atoms with van der Waals surface area (Å²) in [6, 6.07) is 31.0. The Morgan fingerprint density at radius 2 is 1.42 bits per heavy atom. The Labute approximate surface area is 179 Å². The van der Waals surface area contributed by atoms with E-state index in [1.165, 1.54) is 0 Å². The van der Waals surface area contributed by atoms with E-state index in [2.05, 4.69) is 0 Å². The molecule has 1 aromatic heterocycles. The van der Waals surface area contributed by atoms with E-state index in [0.717, 1.165) is 22.4 Å². The fourth-order valence-corrected chi connectivity index (χ4v) is 3.79. The lowest BCUT2D eigenvalue weighted by Gasteiger charge is -2.10. The topological polar surface area (TPSA) is 59.4 Å². The first-order valence-corrected chi connectivity index (χ1v) is 10.0. The Hall–Kier alpha value is -4.18. The van der Waals surface area contributed by atoms with Crippen molar-refractivity contribution in [1.82, 2.24) is 4.98 Å². The van der Waals surface area contributed by atoms with Crippen molar-refractivity contribution in [2.24, 2.45) is 0 Å². The molecule has 31 heavy (non-hydrogen) atoms. The molecule has 0 bridgehead atoms. The van der Waals surface area contributed by atoms with Gasteiger partial charge >= 0.3 is 5.97 Å². The van der Waals surface area contributed by atoms with E-state index < -0.39 is 5.97 Å². The van der Waals surface area contributed by atoms with Crippen molar-refractivity contribution in [3.8, 4) is 16.9 Å². The van der Waals surface area contributed by atoms with Gasteiger partial charge in [0, 0.05) is 10.8 Å². The number of pyridine rings is 1. The van der Waals surface area contributed by atoms with Crippen LogP contribution in [0.2, 0.25) is 0 Å². The average molecular weight is 405 g/mol. The molecule has 0 unspecified atom stereocenters. The van der Waals surface area contributed by atoms with Gasteiger partial charge in [0.15, 0.2) is 0 Å². The van der Waals surface area contributed by atoms with Crippen molar-refractivity contribution in [2.75, 3.05) is 0 Å². The molecule has 0 saturated heterocycles. The van der Waals surface area contributed by atoms with Crippen LogP contribution in [0.1, 0.15) is 15.9 Å². The highest BCUT2D eigenvalue weighted by Crippen LogP contribution is 2.30. The van der Waals surface area contributed by atoms with Gasteiger partial charge < -0.3 is 9.84 Å². The second-order valence-electron chi connectivity index (χ2n) is 7.34. The monoisotopic (exact) mass is 405 g/mol. The number of aromatic carboxylic acids is 1. The number of carboxylic acids is 1. The average Bonchev–Trinajstić information content (AvgIpc) is 2.81. The number of hydrogen-bond acceptors (Lipinski definition) is 3. The molecule has 1 N–H and O–H groups in total. The molecule has 0 spiro atoms. The van der Waals surface area contributed by atoms with Gasteiger partial charge in [-0.15, -0.1) is 0 Å². The molecular formula is C27H19NO3. The van der Waals surface area contributed by atoms with Crippen LogP contribution < -0.4 is 4.74 Å². The predicted molar refractivity (Wildman–Crippen MR) is 122 cm³/mol. The number of para-hydroxylation sites is 1. The SMILES string of the molecule is O=C(O)c1c2ccccc2nc2cc(-c3ccc(OCc4ccccc4)cc3)ccc12. The number of carboxylic acid groups (broad SMARTS) is 1. The van der Waals surface area contributed by atoms with Gasteiger partial charge in [-0.3, -0.25) is 0 Å². The molecular weight excluding hydrogens is 386 g/mol. The van der Waals surface area contributed by atoms with E-state index in [1.54, 1.807) is 6.07 Å². The van der Waals surface area contributed by atoms with E-state index in [9.17, 15) is 9.90 Å². The van der Waals surface area contributed by atoms with E-state index in [4.69, 9.17) is 9.72 Å². The predicted octanol–water partition coefficient (Wildman–Crippen LogP) is 6.33. The van der Waals surface area contributed by atoms with Crippen LogP contribution in [0.4, 0.5) is 0 Å². The third kappa shape index (κ3) is 3.71. The van der Waals surface area contributed by atoms with Gasteiger partial charge in [-0.2, -0.15) is 0 Å². The normalized spacial score (nSPS) is 11.0. The number of aromatic nitrogens is 1. The van der Waals surface area contributed by atoms with Gasteiger partial charge in [-0.25, -0.2) is 9.78 Å². The highest BCUT2D eigenvalue weighted by molar-refractivity contribution is 6.14. The number of hydrogen-bond donors (Lipinski definition) is 1. The van der Waals surface area contributed by atoms with E-state index in [0.29, 0.717) is 28.4 Å². The summed E-state index contributed by atoms with van der Waals surface area (Å²) in [5, 5.41) is 11.1. The zero-order chi connectivity index (χ0) is 21.2. The lowest BCUT2D eigenvalue weighted by Crippen LogP contribution is -2.01. The summed E-state index contributed by atoms with van der Waals surface area (Å²) in [5.74, 6) is -0.151. The summed E-state index contributed by atoms with van der Waals surface area (Å²) < 4.78 is 5.87. The Morgan fingerprint density at radius 1 is 0.742 bits per heavy atom. The summed E-state index contributed by atoms with van der Waals surface area (Å²) >= 11 is 0. The van der Waals surface area contributed by atoms with Gasteiger partial charge in [0.2, 0.25) is 0 Å². The van der Waals surface area contributed by atoms with Crippen molar-refractivity contribution in [3.05, 3.63) is 108 Å². The first-order chi connectivity index (χ1) is 15.2. The summed E-state index contributed by atoms with van der Waals surface area (Å²) in [5.41, 5.74) is 4.74. The Morgan fingerprint density at radius 3 is 2.19 bits per heavy atom. The molecule has 5 aromatic rings. The van der Waals surface area contributed by atoms with E-state index in [1.807, 2.05) is 91.0 Å². The molecule has 0 aliphatic heterocycles. The highest BCUT2D eigenvalue weighted by Gasteiger charge is 2.15. The first-order valence-electron chi connectivity index (χ1n) is 10.0. The van der Waals surface area contributed by atoms with Crippen LogP contribution >= 0.6 is 0 Å². The first kappa shape index (κ1) is 18.8. The molecule has 0 aliphatic carbocycles. The molecule has 150 valence electrons. The molecule has 1 heterocycles. The summed E-state index contributed by atoms with van der Waals surface area (Å²) in [6.07, 6.45) is 0. The van der Waals surface area contributed by atoms with Crippen LogP contribution in [-0.2, 0) is 6.61 Å². The molecule has 5 rings (SSSR count). The summed E-state index contributed by atoms with van der Waals surface area (Å²) in [4.78, 5) is 16.6. The molecule has 4 nitrogen and oxygen atoms in total. The molecule has 0 amide bonds. The van der Waals surface area contributed by atoms with Crippen molar-refractivity contribution in [3.63, 3.8) is 0 Å². The van der Waals surface area contributed by atoms with Crippen molar-refractivity contribution in [1.29, 1.82) is 0 Å². The highest BCUT2D eigenvalue weighted by atomic mass is 16.5. The van der Waals surface area contributed by atoms with Crippen LogP contribution in [0.3, 0.4) is 0 Å². The third-order valence-corrected chi connectivity index (χ3v) is 5.33. The minimum absolute atomic E-state index is 0.289. The molecule has 0 fully saturated rings.